The standard InChI is InChI=1S/C23H16N2O4/c26-21-18-12-8-9-13(10-12)19(18)22(27)25(21)15-5-3-4-14(11-15)20-24-17-7-2-1-6-16(17)23(28)29-20/h1-9,11-13,18-19H,10H2/t12-,13-,18-,19-/m0/s1. The topological polar surface area (TPSA) is 80.5 Å². The van der Waals surface area contributed by atoms with E-state index in [-0.39, 0.29) is 41.4 Å². The SMILES string of the molecule is O=C1[C@@H]2[C@@H](C(=O)N1c1cccc(-c3nc4ccccc4c(=O)o3)c1)[C@H]1C=C[C@H]2C1. The number of rotatable bonds is 2. The van der Waals surface area contributed by atoms with Crippen LogP contribution < -0.4 is 10.5 Å². The molecule has 0 unspecified atom stereocenters. The van der Waals surface area contributed by atoms with Crippen molar-refractivity contribution in [3.8, 4) is 11.5 Å². The number of para-hydroxylation sites is 1. The third kappa shape index (κ3) is 2.23. The Hall–Kier alpha value is -3.54. The number of hydrogen-bond donors (Lipinski definition) is 0. The van der Waals surface area contributed by atoms with Gasteiger partial charge in [0, 0.05) is 5.56 Å². The van der Waals surface area contributed by atoms with Gasteiger partial charge in [-0.1, -0.05) is 30.4 Å². The van der Waals surface area contributed by atoms with Gasteiger partial charge in [0.15, 0.2) is 0 Å². The highest BCUT2D eigenvalue weighted by atomic mass is 16.4. The van der Waals surface area contributed by atoms with Gasteiger partial charge < -0.3 is 4.42 Å². The highest BCUT2D eigenvalue weighted by molar-refractivity contribution is 6.23. The fourth-order valence-corrected chi connectivity index (χ4v) is 5.08. The van der Waals surface area contributed by atoms with E-state index in [1.165, 1.54) is 4.90 Å². The van der Waals surface area contributed by atoms with Crippen molar-refractivity contribution in [1.29, 1.82) is 0 Å². The molecule has 3 aliphatic rings. The molecule has 142 valence electrons. The van der Waals surface area contributed by atoms with Crippen LogP contribution in [-0.2, 0) is 9.59 Å². The normalized spacial score (nSPS) is 27.2. The fraction of sp³-hybridized carbons (Fsp3) is 0.217. The second-order valence-corrected chi connectivity index (χ2v) is 7.89. The first-order chi connectivity index (χ1) is 14.1. The number of allylic oxidation sites excluding steroid dienone is 2. The Morgan fingerprint density at radius 2 is 1.62 bits per heavy atom. The average Bonchev–Trinajstić information content (AvgIpc) is 3.42. The maximum absolute atomic E-state index is 13.0. The van der Waals surface area contributed by atoms with Gasteiger partial charge in [0.05, 0.1) is 28.4 Å². The molecule has 2 aromatic carbocycles. The van der Waals surface area contributed by atoms with Crippen LogP contribution in [0.5, 0.6) is 0 Å². The van der Waals surface area contributed by atoms with E-state index in [1.807, 2.05) is 0 Å². The zero-order valence-corrected chi connectivity index (χ0v) is 15.3. The quantitative estimate of drug-likeness (QED) is 0.501. The van der Waals surface area contributed by atoms with Crippen LogP contribution in [0.2, 0.25) is 0 Å². The predicted octanol–water partition coefficient (Wildman–Crippen LogP) is 3.17. The molecule has 1 saturated heterocycles. The Balaban J connectivity index is 1.42. The minimum absolute atomic E-state index is 0.137. The molecule has 2 amide bonds. The van der Waals surface area contributed by atoms with E-state index in [2.05, 4.69) is 17.1 Å². The van der Waals surface area contributed by atoms with Crippen molar-refractivity contribution in [3.63, 3.8) is 0 Å². The summed E-state index contributed by atoms with van der Waals surface area (Å²) in [5, 5.41) is 0.410. The number of anilines is 1. The summed E-state index contributed by atoms with van der Waals surface area (Å²) < 4.78 is 5.40. The molecule has 2 fully saturated rings. The lowest BCUT2D eigenvalue weighted by molar-refractivity contribution is -0.123. The summed E-state index contributed by atoms with van der Waals surface area (Å²) in [6, 6.07) is 13.9. The van der Waals surface area contributed by atoms with Crippen molar-refractivity contribution in [1.82, 2.24) is 4.98 Å². The van der Waals surface area contributed by atoms with Crippen LogP contribution in [0.25, 0.3) is 22.4 Å². The Labute approximate surface area is 165 Å². The molecule has 0 radical (unpaired) electrons. The smallest absolute Gasteiger partial charge is 0.347 e. The van der Waals surface area contributed by atoms with Crippen molar-refractivity contribution in [2.24, 2.45) is 23.7 Å². The summed E-state index contributed by atoms with van der Waals surface area (Å²) in [4.78, 5) is 44.1. The van der Waals surface area contributed by atoms with Crippen LogP contribution in [0.1, 0.15) is 6.42 Å². The molecular weight excluding hydrogens is 368 g/mol. The molecule has 2 heterocycles. The zero-order chi connectivity index (χ0) is 19.7. The number of aromatic nitrogens is 1. The molecule has 1 saturated carbocycles. The summed E-state index contributed by atoms with van der Waals surface area (Å²) in [7, 11) is 0. The maximum atomic E-state index is 13.0. The first-order valence-corrected chi connectivity index (χ1v) is 9.68. The summed E-state index contributed by atoms with van der Waals surface area (Å²) in [5.41, 5.74) is 1.10. The molecule has 1 aliphatic heterocycles. The molecule has 3 aromatic rings. The molecule has 29 heavy (non-hydrogen) atoms. The van der Waals surface area contributed by atoms with E-state index in [1.54, 1.807) is 48.5 Å². The first kappa shape index (κ1) is 16.4. The zero-order valence-electron chi connectivity index (χ0n) is 15.3. The first-order valence-electron chi connectivity index (χ1n) is 9.68. The number of amides is 2. The van der Waals surface area contributed by atoms with Crippen LogP contribution in [0, 0.1) is 23.7 Å². The highest BCUT2D eigenvalue weighted by Crippen LogP contribution is 2.53. The van der Waals surface area contributed by atoms with Crippen LogP contribution in [0.4, 0.5) is 5.69 Å². The summed E-state index contributed by atoms with van der Waals surface area (Å²) in [6.07, 6.45) is 5.04. The molecule has 0 N–H and O–H groups in total. The van der Waals surface area contributed by atoms with Crippen molar-refractivity contribution in [3.05, 3.63) is 71.1 Å². The van der Waals surface area contributed by atoms with Gasteiger partial charge in [-0.25, -0.2) is 14.7 Å². The minimum atomic E-state index is -0.471. The highest BCUT2D eigenvalue weighted by Gasteiger charge is 2.59. The van der Waals surface area contributed by atoms with E-state index < -0.39 is 5.63 Å². The summed E-state index contributed by atoms with van der Waals surface area (Å²) >= 11 is 0. The summed E-state index contributed by atoms with van der Waals surface area (Å²) in [6.45, 7) is 0. The lowest BCUT2D eigenvalue weighted by atomic mass is 9.85. The van der Waals surface area contributed by atoms with Gasteiger partial charge in [0.2, 0.25) is 17.7 Å². The Morgan fingerprint density at radius 1 is 0.897 bits per heavy atom. The Morgan fingerprint density at radius 3 is 2.38 bits per heavy atom. The molecule has 4 atom stereocenters. The van der Waals surface area contributed by atoms with Crippen molar-refractivity contribution >= 4 is 28.4 Å². The van der Waals surface area contributed by atoms with Crippen molar-refractivity contribution in [2.75, 3.05) is 4.90 Å². The largest absolute Gasteiger partial charge is 0.403 e. The van der Waals surface area contributed by atoms with Gasteiger partial charge in [0.25, 0.3) is 0 Å². The van der Waals surface area contributed by atoms with Crippen LogP contribution >= 0.6 is 0 Å². The molecule has 1 aromatic heterocycles. The van der Waals surface area contributed by atoms with Gasteiger partial charge in [-0.05, 0) is 48.6 Å². The Kier molecular flexibility index (Phi) is 3.25. The molecular formula is C23H16N2O4. The maximum Gasteiger partial charge on any atom is 0.347 e. The second-order valence-electron chi connectivity index (χ2n) is 7.89. The van der Waals surface area contributed by atoms with Crippen molar-refractivity contribution < 1.29 is 14.0 Å². The number of carbonyl (C=O) groups is 2. The van der Waals surface area contributed by atoms with Gasteiger partial charge in [0.1, 0.15) is 0 Å². The van der Waals surface area contributed by atoms with E-state index >= 15 is 0 Å². The van der Waals surface area contributed by atoms with E-state index in [0.29, 0.717) is 22.2 Å². The minimum Gasteiger partial charge on any atom is -0.403 e. The van der Waals surface area contributed by atoms with Crippen LogP contribution in [-0.4, -0.2) is 16.8 Å². The van der Waals surface area contributed by atoms with Crippen molar-refractivity contribution in [2.45, 2.75) is 6.42 Å². The molecule has 6 nitrogen and oxygen atoms in total. The van der Waals surface area contributed by atoms with Crippen LogP contribution in [0.3, 0.4) is 0 Å². The number of benzene rings is 2. The number of hydrogen-bond acceptors (Lipinski definition) is 5. The average molecular weight is 384 g/mol. The van der Waals surface area contributed by atoms with E-state index in [4.69, 9.17) is 4.42 Å². The van der Waals surface area contributed by atoms with Gasteiger partial charge in [-0.15, -0.1) is 0 Å². The number of carbonyl (C=O) groups excluding carboxylic acids is 2. The van der Waals surface area contributed by atoms with Crippen LogP contribution in [0.15, 0.2) is 69.9 Å². The number of fused-ring (bicyclic) bond motifs is 6. The fourth-order valence-electron chi connectivity index (χ4n) is 5.08. The molecule has 6 rings (SSSR count). The van der Waals surface area contributed by atoms with E-state index in [9.17, 15) is 14.4 Å². The molecule has 6 heteroatoms. The lowest BCUT2D eigenvalue weighted by Gasteiger charge is -2.17. The molecule has 2 bridgehead atoms. The lowest BCUT2D eigenvalue weighted by Crippen LogP contribution is -2.32. The van der Waals surface area contributed by atoms with E-state index in [0.717, 1.165) is 6.42 Å². The molecule has 2 aliphatic carbocycles. The van der Waals surface area contributed by atoms with Gasteiger partial charge in [-0.3, -0.25) is 9.59 Å². The summed E-state index contributed by atoms with van der Waals surface area (Å²) in [5.74, 6) is -0.291. The van der Waals surface area contributed by atoms with Gasteiger partial charge >= 0.3 is 5.63 Å². The molecule has 0 spiro atoms. The Bertz CT molecular complexity index is 1260. The predicted molar refractivity (Wildman–Crippen MR) is 106 cm³/mol. The third-order valence-electron chi connectivity index (χ3n) is 6.36. The third-order valence-corrected chi connectivity index (χ3v) is 6.36. The monoisotopic (exact) mass is 384 g/mol. The second kappa shape index (κ2) is 5.73. The number of imide groups is 1. The van der Waals surface area contributed by atoms with Gasteiger partial charge in [-0.2, -0.15) is 0 Å². The number of nitrogens with zero attached hydrogens (tertiary/aromatic N) is 2.